The van der Waals surface area contributed by atoms with Crippen molar-refractivity contribution in [3.8, 4) is 5.75 Å². The zero-order valence-corrected chi connectivity index (χ0v) is 24.2. The lowest BCUT2D eigenvalue weighted by atomic mass is 9.94. The van der Waals surface area contributed by atoms with Crippen LogP contribution in [0.4, 0.5) is 4.39 Å². The maximum atomic E-state index is 13.9. The summed E-state index contributed by atoms with van der Waals surface area (Å²) in [6.07, 6.45) is 8.00. The topological polar surface area (TPSA) is 54.8 Å². The third kappa shape index (κ3) is 8.10. The largest absolute Gasteiger partial charge is 0.484 e. The Bertz CT molecular complexity index is 1240. The van der Waals surface area contributed by atoms with Crippen LogP contribution in [0.5, 0.6) is 5.75 Å². The van der Waals surface area contributed by atoms with Gasteiger partial charge in [-0.3, -0.25) is 9.59 Å². The van der Waals surface area contributed by atoms with Gasteiger partial charge in [-0.15, -0.1) is 0 Å². The van der Waals surface area contributed by atoms with E-state index in [1.165, 1.54) is 18.6 Å². The molecule has 1 saturated carbocycles. The second-order valence-electron chi connectivity index (χ2n) is 10.6. The van der Waals surface area contributed by atoms with Gasteiger partial charge in [-0.2, -0.15) is 0 Å². The molecule has 0 N–H and O–H groups in total. The Balaban J connectivity index is 1.49. The summed E-state index contributed by atoms with van der Waals surface area (Å²) in [6.45, 7) is 4.88. The molecule has 8 heteroatoms. The van der Waals surface area contributed by atoms with Crippen molar-refractivity contribution in [1.82, 2.24) is 14.4 Å². The molecule has 2 amide bonds. The van der Waals surface area contributed by atoms with E-state index in [-0.39, 0.29) is 42.9 Å². The smallest absolute Gasteiger partial charge is 0.261 e. The van der Waals surface area contributed by atoms with E-state index in [9.17, 15) is 14.0 Å². The van der Waals surface area contributed by atoms with E-state index < -0.39 is 0 Å². The summed E-state index contributed by atoms with van der Waals surface area (Å²) >= 11 is 5.95. The molecule has 1 aliphatic rings. The van der Waals surface area contributed by atoms with Gasteiger partial charge in [0.1, 0.15) is 18.1 Å². The van der Waals surface area contributed by atoms with E-state index in [0.29, 0.717) is 23.9 Å². The minimum Gasteiger partial charge on any atom is -0.484 e. The molecule has 2 aromatic carbocycles. The van der Waals surface area contributed by atoms with Crippen LogP contribution in [0, 0.1) is 5.82 Å². The van der Waals surface area contributed by atoms with Gasteiger partial charge < -0.3 is 19.1 Å². The van der Waals surface area contributed by atoms with E-state index in [1.807, 2.05) is 37.1 Å². The third-order valence-corrected chi connectivity index (χ3v) is 8.03. The Morgan fingerprint density at radius 3 is 2.40 bits per heavy atom. The highest BCUT2D eigenvalue weighted by Gasteiger charge is 2.30. The monoisotopic (exact) mass is 567 g/mol. The molecule has 214 valence electrons. The summed E-state index contributed by atoms with van der Waals surface area (Å²) in [5, 5.41) is 0.595. The molecule has 1 atom stereocenters. The van der Waals surface area contributed by atoms with Gasteiger partial charge >= 0.3 is 0 Å². The van der Waals surface area contributed by atoms with Crippen molar-refractivity contribution in [2.75, 3.05) is 13.2 Å². The lowest BCUT2D eigenvalue weighted by Crippen LogP contribution is -2.50. The number of nitrogens with zero attached hydrogens (tertiary/aromatic N) is 3. The van der Waals surface area contributed by atoms with Gasteiger partial charge in [0.25, 0.3) is 5.91 Å². The Morgan fingerprint density at radius 2 is 1.73 bits per heavy atom. The van der Waals surface area contributed by atoms with E-state index >= 15 is 0 Å². The molecule has 6 nitrogen and oxygen atoms in total. The molecular formula is C32H39ClFN3O3. The summed E-state index contributed by atoms with van der Waals surface area (Å²) in [4.78, 5) is 30.9. The maximum absolute atomic E-state index is 13.9. The van der Waals surface area contributed by atoms with E-state index in [2.05, 4.69) is 4.57 Å². The Labute approximate surface area is 241 Å². The summed E-state index contributed by atoms with van der Waals surface area (Å²) in [6, 6.07) is 17.4. The molecule has 1 aromatic heterocycles. The molecular weight excluding hydrogens is 529 g/mol. The Morgan fingerprint density at radius 1 is 1.02 bits per heavy atom. The number of aromatic nitrogens is 1. The van der Waals surface area contributed by atoms with Crippen LogP contribution in [0.3, 0.4) is 0 Å². The fraction of sp³-hybridized carbons (Fsp3) is 0.438. The first kappa shape index (κ1) is 29.7. The van der Waals surface area contributed by atoms with Crippen molar-refractivity contribution in [3.63, 3.8) is 0 Å². The number of rotatable bonds is 12. The van der Waals surface area contributed by atoms with Crippen LogP contribution in [-0.4, -0.2) is 51.4 Å². The molecule has 0 bridgehead atoms. The van der Waals surface area contributed by atoms with Crippen LogP contribution in [0.25, 0.3) is 0 Å². The maximum Gasteiger partial charge on any atom is 0.261 e. The molecule has 1 heterocycles. The first-order valence-corrected chi connectivity index (χ1v) is 14.6. The summed E-state index contributed by atoms with van der Waals surface area (Å²) in [5.74, 6) is 0.0194. The van der Waals surface area contributed by atoms with Crippen molar-refractivity contribution in [2.45, 2.75) is 77.5 Å². The quantitative estimate of drug-likeness (QED) is 0.245. The van der Waals surface area contributed by atoms with Gasteiger partial charge in [0, 0.05) is 35.5 Å². The van der Waals surface area contributed by atoms with Gasteiger partial charge in [-0.1, -0.05) is 49.9 Å². The average molecular weight is 568 g/mol. The number of amides is 2. The second-order valence-corrected chi connectivity index (χ2v) is 11.0. The first-order chi connectivity index (χ1) is 19.3. The van der Waals surface area contributed by atoms with E-state index in [4.69, 9.17) is 16.3 Å². The third-order valence-electron chi connectivity index (χ3n) is 7.78. The number of hydrogen-bond acceptors (Lipinski definition) is 3. The van der Waals surface area contributed by atoms with Crippen molar-refractivity contribution in [1.29, 1.82) is 0 Å². The van der Waals surface area contributed by atoms with E-state index in [0.717, 1.165) is 43.4 Å². The molecule has 0 radical (unpaired) electrons. The minimum absolute atomic E-state index is 0.00693. The molecule has 0 aliphatic heterocycles. The zero-order chi connectivity index (χ0) is 28.5. The normalized spacial score (nSPS) is 14.5. The first-order valence-electron chi connectivity index (χ1n) is 14.2. The molecule has 40 heavy (non-hydrogen) atoms. The van der Waals surface area contributed by atoms with Crippen LogP contribution < -0.4 is 4.74 Å². The zero-order valence-electron chi connectivity index (χ0n) is 23.4. The Kier molecular flexibility index (Phi) is 10.6. The van der Waals surface area contributed by atoms with Crippen molar-refractivity contribution in [2.24, 2.45) is 0 Å². The molecule has 0 spiro atoms. The summed E-state index contributed by atoms with van der Waals surface area (Å²) in [7, 11) is 0. The average Bonchev–Trinajstić information content (AvgIpc) is 3.41. The predicted octanol–water partition coefficient (Wildman–Crippen LogP) is 6.70. The van der Waals surface area contributed by atoms with Crippen LogP contribution in [0.15, 0.2) is 66.9 Å². The number of benzene rings is 2. The molecule has 4 rings (SSSR count). The van der Waals surface area contributed by atoms with Gasteiger partial charge in [0.15, 0.2) is 6.61 Å². The number of halogens is 2. The van der Waals surface area contributed by atoms with Crippen LogP contribution in [0.2, 0.25) is 5.02 Å². The lowest BCUT2D eigenvalue weighted by molar-refractivity contribution is -0.145. The van der Waals surface area contributed by atoms with Crippen LogP contribution >= 0.6 is 11.6 Å². The fourth-order valence-electron chi connectivity index (χ4n) is 5.23. The van der Waals surface area contributed by atoms with Gasteiger partial charge in [0.05, 0.1) is 6.54 Å². The number of ether oxygens (including phenoxy) is 1. The van der Waals surface area contributed by atoms with Crippen molar-refractivity contribution < 1.29 is 18.7 Å². The molecule has 0 saturated heterocycles. The highest BCUT2D eigenvalue weighted by Crippen LogP contribution is 2.25. The van der Waals surface area contributed by atoms with Crippen LogP contribution in [-0.2, 0) is 22.7 Å². The van der Waals surface area contributed by atoms with Crippen molar-refractivity contribution in [3.05, 3.63) is 89.0 Å². The molecule has 3 aromatic rings. The lowest BCUT2D eigenvalue weighted by Gasteiger charge is -2.37. The predicted molar refractivity (Wildman–Crippen MR) is 156 cm³/mol. The standard InChI is InChI=1S/C32H39ClFN3O3/c1-3-24(2)36(32(39)23-40-30-17-13-26(33)14-18-30)22-31(38)37(28-8-5-4-6-9-28)21-29-10-7-19-35(29)20-25-11-15-27(34)16-12-25/h7,10-19,24,28H,3-6,8-9,20-23H2,1-2H3. The SMILES string of the molecule is CCC(C)N(CC(=O)N(Cc1cccn1Cc1ccc(F)cc1)C1CCCCC1)C(=O)COc1ccc(Cl)cc1. The molecule has 1 unspecified atom stereocenters. The Hall–Kier alpha value is -3.32. The van der Waals surface area contributed by atoms with Crippen LogP contribution in [0.1, 0.15) is 63.6 Å². The highest BCUT2D eigenvalue weighted by atomic mass is 35.5. The number of hydrogen-bond donors (Lipinski definition) is 0. The molecule has 1 aliphatic carbocycles. The molecule has 1 fully saturated rings. The van der Waals surface area contributed by atoms with Gasteiger partial charge in [-0.05, 0) is 80.3 Å². The minimum atomic E-state index is -0.260. The second kappa shape index (κ2) is 14.4. The number of carbonyl (C=O) groups is 2. The summed E-state index contributed by atoms with van der Waals surface area (Å²) in [5.41, 5.74) is 2.00. The van der Waals surface area contributed by atoms with Gasteiger partial charge in [-0.25, -0.2) is 4.39 Å². The van der Waals surface area contributed by atoms with E-state index in [1.54, 1.807) is 41.3 Å². The summed E-state index contributed by atoms with van der Waals surface area (Å²) < 4.78 is 21.2. The number of carbonyl (C=O) groups excluding carboxylic acids is 2. The highest BCUT2D eigenvalue weighted by molar-refractivity contribution is 6.30. The fourth-order valence-corrected chi connectivity index (χ4v) is 5.35. The van der Waals surface area contributed by atoms with Gasteiger partial charge in [0.2, 0.25) is 5.91 Å². The van der Waals surface area contributed by atoms with Crippen molar-refractivity contribution >= 4 is 23.4 Å².